The first kappa shape index (κ1) is 9.16. The molecule has 13 heavy (non-hydrogen) atoms. The average molecular weight is 196 g/mol. The summed E-state index contributed by atoms with van der Waals surface area (Å²) in [7, 11) is 0. The molecular formula is C10H16N2S. The average Bonchev–Trinajstić information content (AvgIpc) is 2.68. The van der Waals surface area contributed by atoms with E-state index in [0.29, 0.717) is 0 Å². The minimum Gasteiger partial charge on any atom is -0.309 e. The fraction of sp³-hybridized carbons (Fsp3) is 0.700. The van der Waals surface area contributed by atoms with E-state index in [9.17, 15) is 0 Å². The molecule has 0 amide bonds. The molecule has 1 aliphatic rings. The van der Waals surface area contributed by atoms with Crippen LogP contribution in [0.25, 0.3) is 0 Å². The first-order valence-electron chi connectivity index (χ1n) is 4.96. The van der Waals surface area contributed by atoms with E-state index in [0.717, 1.165) is 24.9 Å². The summed E-state index contributed by atoms with van der Waals surface area (Å²) in [5.74, 6) is 0.888. The van der Waals surface area contributed by atoms with Gasteiger partial charge in [-0.3, -0.25) is 0 Å². The van der Waals surface area contributed by atoms with Crippen LogP contribution in [0.4, 0.5) is 0 Å². The van der Waals surface area contributed by atoms with Gasteiger partial charge in [0.1, 0.15) is 0 Å². The van der Waals surface area contributed by atoms with Crippen molar-refractivity contribution in [2.24, 2.45) is 5.92 Å². The lowest BCUT2D eigenvalue weighted by Crippen LogP contribution is -2.16. The molecule has 3 heteroatoms. The van der Waals surface area contributed by atoms with Crippen LogP contribution in [-0.4, -0.2) is 11.0 Å². The number of nitrogens with zero attached hydrogens (tertiary/aromatic N) is 1. The topological polar surface area (TPSA) is 24.9 Å². The Morgan fingerprint density at radius 2 is 2.46 bits per heavy atom. The van der Waals surface area contributed by atoms with E-state index in [1.54, 1.807) is 0 Å². The molecule has 2 atom stereocenters. The van der Waals surface area contributed by atoms with Gasteiger partial charge in [-0.25, -0.2) is 4.98 Å². The van der Waals surface area contributed by atoms with Crippen molar-refractivity contribution in [2.75, 3.05) is 0 Å². The molecule has 1 saturated carbocycles. The highest BCUT2D eigenvalue weighted by Crippen LogP contribution is 2.29. The number of rotatable bonds is 4. The van der Waals surface area contributed by atoms with Crippen LogP contribution in [0.3, 0.4) is 0 Å². The third-order valence-corrected chi connectivity index (χ3v) is 3.69. The maximum atomic E-state index is 4.33. The number of thiazole rings is 1. The van der Waals surface area contributed by atoms with Crippen LogP contribution in [0, 0.1) is 5.92 Å². The van der Waals surface area contributed by atoms with Gasteiger partial charge >= 0.3 is 0 Å². The van der Waals surface area contributed by atoms with Gasteiger partial charge in [0.25, 0.3) is 0 Å². The van der Waals surface area contributed by atoms with Crippen molar-refractivity contribution in [3.8, 4) is 0 Å². The number of aryl methyl sites for hydroxylation is 1. The van der Waals surface area contributed by atoms with E-state index in [-0.39, 0.29) is 0 Å². The van der Waals surface area contributed by atoms with Crippen molar-refractivity contribution >= 4 is 11.3 Å². The van der Waals surface area contributed by atoms with Gasteiger partial charge in [-0.15, -0.1) is 11.3 Å². The van der Waals surface area contributed by atoms with Crippen molar-refractivity contribution in [3.05, 3.63) is 16.1 Å². The third kappa shape index (κ3) is 2.29. The lowest BCUT2D eigenvalue weighted by Gasteiger charge is -1.98. The van der Waals surface area contributed by atoms with Gasteiger partial charge in [0.15, 0.2) is 0 Å². The molecule has 1 aliphatic carbocycles. The Morgan fingerprint density at radius 1 is 1.69 bits per heavy atom. The van der Waals surface area contributed by atoms with Crippen LogP contribution in [0.2, 0.25) is 0 Å². The zero-order valence-corrected chi connectivity index (χ0v) is 9.03. The van der Waals surface area contributed by atoms with E-state index in [4.69, 9.17) is 0 Å². The summed E-state index contributed by atoms with van der Waals surface area (Å²) in [4.78, 5) is 5.70. The van der Waals surface area contributed by atoms with Gasteiger partial charge in [-0.05, 0) is 18.8 Å². The molecule has 1 heterocycles. The SMILES string of the molecule is CCc1ncc(CNC2CC2C)s1. The fourth-order valence-corrected chi connectivity index (χ4v) is 2.24. The molecule has 2 unspecified atom stereocenters. The first-order chi connectivity index (χ1) is 6.29. The minimum atomic E-state index is 0.771. The maximum Gasteiger partial charge on any atom is 0.0925 e. The lowest BCUT2D eigenvalue weighted by molar-refractivity contribution is 0.657. The molecule has 1 fully saturated rings. The Kier molecular flexibility index (Phi) is 2.65. The first-order valence-corrected chi connectivity index (χ1v) is 5.78. The van der Waals surface area contributed by atoms with Crippen LogP contribution < -0.4 is 5.32 Å². The number of hydrogen-bond acceptors (Lipinski definition) is 3. The van der Waals surface area contributed by atoms with Gasteiger partial charge in [-0.1, -0.05) is 13.8 Å². The molecular weight excluding hydrogens is 180 g/mol. The molecule has 1 N–H and O–H groups in total. The van der Waals surface area contributed by atoms with Gasteiger partial charge < -0.3 is 5.32 Å². The highest BCUT2D eigenvalue weighted by Gasteiger charge is 2.31. The highest BCUT2D eigenvalue weighted by molar-refractivity contribution is 7.11. The maximum absolute atomic E-state index is 4.33. The second kappa shape index (κ2) is 3.76. The fourth-order valence-electron chi connectivity index (χ4n) is 1.43. The second-order valence-corrected chi connectivity index (χ2v) is 4.97. The Labute approximate surface area is 83.4 Å². The molecule has 0 bridgehead atoms. The van der Waals surface area contributed by atoms with Crippen molar-refractivity contribution in [3.63, 3.8) is 0 Å². The monoisotopic (exact) mass is 196 g/mol. The molecule has 0 aromatic carbocycles. The number of nitrogens with one attached hydrogen (secondary N) is 1. The van der Waals surface area contributed by atoms with Crippen LogP contribution in [-0.2, 0) is 13.0 Å². The molecule has 2 rings (SSSR count). The molecule has 1 aromatic rings. The van der Waals surface area contributed by atoms with Gasteiger partial charge in [0.05, 0.1) is 5.01 Å². The Morgan fingerprint density at radius 3 is 3.00 bits per heavy atom. The largest absolute Gasteiger partial charge is 0.309 e. The molecule has 0 saturated heterocycles. The van der Waals surface area contributed by atoms with Crippen LogP contribution in [0.15, 0.2) is 6.20 Å². The summed E-state index contributed by atoms with van der Waals surface area (Å²) in [5.41, 5.74) is 0. The summed E-state index contributed by atoms with van der Waals surface area (Å²) < 4.78 is 0. The molecule has 0 aliphatic heterocycles. The zero-order valence-electron chi connectivity index (χ0n) is 8.21. The molecule has 0 radical (unpaired) electrons. The third-order valence-electron chi connectivity index (χ3n) is 2.55. The van der Waals surface area contributed by atoms with Crippen molar-refractivity contribution in [1.29, 1.82) is 0 Å². The Balaban J connectivity index is 1.80. The van der Waals surface area contributed by atoms with Crippen LogP contribution >= 0.6 is 11.3 Å². The predicted molar refractivity (Wildman–Crippen MR) is 55.9 cm³/mol. The Hall–Kier alpha value is -0.410. The number of aromatic nitrogens is 1. The molecule has 2 nitrogen and oxygen atoms in total. The molecule has 72 valence electrons. The van der Waals surface area contributed by atoms with E-state index >= 15 is 0 Å². The molecule has 0 spiro atoms. The minimum absolute atomic E-state index is 0.771. The summed E-state index contributed by atoms with van der Waals surface area (Å²) in [5, 5.41) is 4.78. The van der Waals surface area contributed by atoms with Crippen molar-refractivity contribution < 1.29 is 0 Å². The smallest absolute Gasteiger partial charge is 0.0925 e. The summed E-state index contributed by atoms with van der Waals surface area (Å²) in [6.45, 7) is 5.45. The highest BCUT2D eigenvalue weighted by atomic mass is 32.1. The zero-order chi connectivity index (χ0) is 9.26. The Bertz CT molecular complexity index is 282. The second-order valence-electron chi connectivity index (χ2n) is 3.77. The van der Waals surface area contributed by atoms with Crippen LogP contribution in [0.5, 0.6) is 0 Å². The normalized spacial score (nSPS) is 26.3. The van der Waals surface area contributed by atoms with E-state index in [1.807, 2.05) is 17.5 Å². The van der Waals surface area contributed by atoms with Gasteiger partial charge in [0, 0.05) is 23.7 Å². The predicted octanol–water partition coefficient (Wildman–Crippen LogP) is 2.20. The summed E-state index contributed by atoms with van der Waals surface area (Å²) in [6.07, 6.45) is 4.41. The number of hydrogen-bond donors (Lipinski definition) is 1. The quantitative estimate of drug-likeness (QED) is 0.798. The summed E-state index contributed by atoms with van der Waals surface area (Å²) in [6, 6.07) is 0.771. The van der Waals surface area contributed by atoms with Crippen molar-refractivity contribution in [1.82, 2.24) is 10.3 Å². The van der Waals surface area contributed by atoms with Crippen molar-refractivity contribution in [2.45, 2.75) is 39.3 Å². The summed E-state index contributed by atoms with van der Waals surface area (Å²) >= 11 is 1.83. The van der Waals surface area contributed by atoms with Gasteiger partial charge in [0.2, 0.25) is 0 Å². The van der Waals surface area contributed by atoms with Crippen LogP contribution in [0.1, 0.15) is 30.2 Å². The van der Waals surface area contributed by atoms with E-state index < -0.39 is 0 Å². The lowest BCUT2D eigenvalue weighted by atomic mass is 10.4. The van der Waals surface area contributed by atoms with E-state index in [1.165, 1.54) is 16.3 Å². The van der Waals surface area contributed by atoms with E-state index in [2.05, 4.69) is 24.1 Å². The standard InChI is InChI=1S/C10H16N2S/c1-3-10-12-6-8(13-10)5-11-9-4-7(9)2/h6-7,9,11H,3-5H2,1-2H3. The van der Waals surface area contributed by atoms with Gasteiger partial charge in [-0.2, -0.15) is 0 Å². The molecule has 1 aromatic heterocycles.